The molecular weight excluding hydrogens is 276 g/mol. The number of nitrogens with zero attached hydrogens (tertiary/aromatic N) is 5. The van der Waals surface area contributed by atoms with Gasteiger partial charge in [0.2, 0.25) is 5.95 Å². The highest BCUT2D eigenvalue weighted by molar-refractivity contribution is 5.38. The number of hydrogen-bond acceptors (Lipinski definition) is 5. The summed E-state index contributed by atoms with van der Waals surface area (Å²) in [4.78, 5) is 16.0. The molecule has 0 bridgehead atoms. The standard InChI is InChI=1S/C16H24N6/c1-10(2)14-5-11(3)19-16(20-14)22-6-12(13(17)7-22)15-8-21(4)9-18-15/h5,8-10,12-13H,6-7,17H2,1-4H3/t12-,13-/m1/s1. The number of imidazole rings is 1. The van der Waals surface area contributed by atoms with Crippen LogP contribution < -0.4 is 10.6 Å². The van der Waals surface area contributed by atoms with E-state index in [-0.39, 0.29) is 12.0 Å². The van der Waals surface area contributed by atoms with Crippen molar-refractivity contribution in [3.63, 3.8) is 0 Å². The SMILES string of the molecule is Cc1cc(C(C)C)nc(N2C[C@@H](N)[C@H](c3cn(C)cn3)C2)n1. The molecule has 0 saturated carbocycles. The van der Waals surface area contributed by atoms with Crippen molar-refractivity contribution in [2.45, 2.75) is 38.6 Å². The van der Waals surface area contributed by atoms with Gasteiger partial charge in [0.15, 0.2) is 0 Å². The zero-order valence-electron chi connectivity index (χ0n) is 13.7. The molecule has 1 aliphatic heterocycles. The third-order valence-corrected chi connectivity index (χ3v) is 4.21. The molecule has 1 fully saturated rings. The minimum atomic E-state index is 0.0570. The number of anilines is 1. The van der Waals surface area contributed by atoms with E-state index in [0.717, 1.165) is 36.1 Å². The Labute approximate surface area is 131 Å². The fourth-order valence-electron chi connectivity index (χ4n) is 2.94. The van der Waals surface area contributed by atoms with E-state index < -0.39 is 0 Å². The summed E-state index contributed by atoms with van der Waals surface area (Å²) in [5.41, 5.74) is 9.47. The van der Waals surface area contributed by atoms with Crippen LogP contribution in [0.2, 0.25) is 0 Å². The van der Waals surface area contributed by atoms with E-state index in [2.05, 4.69) is 34.8 Å². The van der Waals surface area contributed by atoms with Gasteiger partial charge in [-0.15, -0.1) is 0 Å². The van der Waals surface area contributed by atoms with Crippen LogP contribution in [0.1, 0.15) is 42.8 Å². The van der Waals surface area contributed by atoms with Gasteiger partial charge in [-0.05, 0) is 18.9 Å². The molecule has 118 valence electrons. The smallest absolute Gasteiger partial charge is 0.225 e. The first-order valence-corrected chi connectivity index (χ1v) is 7.78. The Morgan fingerprint density at radius 2 is 2.05 bits per heavy atom. The summed E-state index contributed by atoms with van der Waals surface area (Å²) in [6.07, 6.45) is 3.87. The first kappa shape index (κ1) is 15.0. The molecule has 2 aromatic heterocycles. The first-order valence-electron chi connectivity index (χ1n) is 7.78. The zero-order chi connectivity index (χ0) is 15.9. The van der Waals surface area contributed by atoms with Crippen LogP contribution in [-0.4, -0.2) is 38.7 Å². The lowest BCUT2D eigenvalue weighted by molar-refractivity contribution is 0.639. The van der Waals surface area contributed by atoms with Crippen molar-refractivity contribution in [1.29, 1.82) is 0 Å². The maximum absolute atomic E-state index is 6.34. The highest BCUT2D eigenvalue weighted by Crippen LogP contribution is 2.28. The van der Waals surface area contributed by atoms with E-state index in [1.54, 1.807) is 0 Å². The van der Waals surface area contributed by atoms with Crippen LogP contribution in [0, 0.1) is 6.92 Å². The third kappa shape index (κ3) is 2.83. The molecule has 2 aromatic rings. The largest absolute Gasteiger partial charge is 0.340 e. The van der Waals surface area contributed by atoms with Crippen LogP contribution in [0.3, 0.4) is 0 Å². The van der Waals surface area contributed by atoms with Crippen LogP contribution in [-0.2, 0) is 7.05 Å². The van der Waals surface area contributed by atoms with Gasteiger partial charge in [-0.2, -0.15) is 0 Å². The van der Waals surface area contributed by atoms with Crippen molar-refractivity contribution in [3.05, 3.63) is 35.7 Å². The third-order valence-electron chi connectivity index (χ3n) is 4.21. The Morgan fingerprint density at radius 3 is 2.68 bits per heavy atom. The van der Waals surface area contributed by atoms with Gasteiger partial charge in [0, 0.05) is 49.7 Å². The molecule has 3 heterocycles. The van der Waals surface area contributed by atoms with E-state index in [1.807, 2.05) is 31.1 Å². The minimum Gasteiger partial charge on any atom is -0.340 e. The van der Waals surface area contributed by atoms with Gasteiger partial charge in [0.05, 0.1) is 12.0 Å². The zero-order valence-corrected chi connectivity index (χ0v) is 13.7. The Balaban J connectivity index is 1.85. The van der Waals surface area contributed by atoms with Crippen LogP contribution in [0.5, 0.6) is 0 Å². The quantitative estimate of drug-likeness (QED) is 0.931. The molecule has 0 amide bonds. The fourth-order valence-corrected chi connectivity index (χ4v) is 2.94. The molecule has 22 heavy (non-hydrogen) atoms. The van der Waals surface area contributed by atoms with Crippen LogP contribution in [0.25, 0.3) is 0 Å². The summed E-state index contributed by atoms with van der Waals surface area (Å²) >= 11 is 0. The molecular formula is C16H24N6. The highest BCUT2D eigenvalue weighted by atomic mass is 15.3. The maximum Gasteiger partial charge on any atom is 0.225 e. The Kier molecular flexibility index (Phi) is 3.87. The lowest BCUT2D eigenvalue weighted by Crippen LogP contribution is -2.29. The second kappa shape index (κ2) is 5.68. The molecule has 3 rings (SSSR count). The van der Waals surface area contributed by atoms with Gasteiger partial charge in [0.25, 0.3) is 0 Å². The van der Waals surface area contributed by atoms with Crippen molar-refractivity contribution < 1.29 is 0 Å². The van der Waals surface area contributed by atoms with E-state index in [9.17, 15) is 0 Å². The van der Waals surface area contributed by atoms with Gasteiger partial charge in [-0.3, -0.25) is 0 Å². The number of rotatable bonds is 3. The Morgan fingerprint density at radius 1 is 1.27 bits per heavy atom. The van der Waals surface area contributed by atoms with E-state index >= 15 is 0 Å². The lowest BCUT2D eigenvalue weighted by Gasteiger charge is -2.18. The van der Waals surface area contributed by atoms with Crippen molar-refractivity contribution in [1.82, 2.24) is 19.5 Å². The molecule has 6 heteroatoms. The van der Waals surface area contributed by atoms with Crippen molar-refractivity contribution >= 4 is 5.95 Å². The average molecular weight is 300 g/mol. The van der Waals surface area contributed by atoms with Crippen LogP contribution in [0.4, 0.5) is 5.95 Å². The molecule has 0 aliphatic carbocycles. The number of aryl methyl sites for hydroxylation is 2. The van der Waals surface area contributed by atoms with Gasteiger partial charge < -0.3 is 15.2 Å². The monoisotopic (exact) mass is 300 g/mol. The first-order chi connectivity index (χ1) is 10.4. The van der Waals surface area contributed by atoms with Gasteiger partial charge >= 0.3 is 0 Å². The Hall–Kier alpha value is -1.95. The van der Waals surface area contributed by atoms with Crippen molar-refractivity contribution in [2.75, 3.05) is 18.0 Å². The Bertz CT molecular complexity index is 662. The molecule has 0 radical (unpaired) electrons. The molecule has 0 aromatic carbocycles. The number of nitrogens with two attached hydrogens (primary N) is 1. The van der Waals surface area contributed by atoms with Gasteiger partial charge in [0.1, 0.15) is 0 Å². The molecule has 0 unspecified atom stereocenters. The van der Waals surface area contributed by atoms with Crippen molar-refractivity contribution in [3.8, 4) is 0 Å². The summed E-state index contributed by atoms with van der Waals surface area (Å²) in [7, 11) is 1.98. The van der Waals surface area contributed by atoms with Crippen LogP contribution >= 0.6 is 0 Å². The normalized spacial score (nSPS) is 21.8. The second-order valence-electron chi connectivity index (χ2n) is 6.53. The molecule has 2 atom stereocenters. The summed E-state index contributed by atoms with van der Waals surface area (Å²) in [5.74, 6) is 1.41. The topological polar surface area (TPSA) is 72.9 Å². The van der Waals surface area contributed by atoms with Gasteiger partial charge in [-0.1, -0.05) is 13.8 Å². The molecule has 6 nitrogen and oxygen atoms in total. The van der Waals surface area contributed by atoms with E-state index in [1.165, 1.54) is 0 Å². The summed E-state index contributed by atoms with van der Waals surface area (Å²) in [6.45, 7) is 7.90. The minimum absolute atomic E-state index is 0.0570. The van der Waals surface area contributed by atoms with E-state index in [4.69, 9.17) is 10.7 Å². The molecule has 1 aliphatic rings. The maximum atomic E-state index is 6.34. The summed E-state index contributed by atoms with van der Waals surface area (Å²) in [5, 5.41) is 0. The summed E-state index contributed by atoms with van der Waals surface area (Å²) in [6, 6.07) is 2.11. The predicted octanol–water partition coefficient (Wildman–Crippen LogP) is 1.57. The fraction of sp³-hybridized carbons (Fsp3) is 0.562. The lowest BCUT2D eigenvalue weighted by atomic mass is 10.0. The highest BCUT2D eigenvalue weighted by Gasteiger charge is 2.34. The summed E-state index contributed by atoms with van der Waals surface area (Å²) < 4.78 is 1.96. The molecule has 2 N–H and O–H groups in total. The second-order valence-corrected chi connectivity index (χ2v) is 6.53. The molecule has 0 spiro atoms. The average Bonchev–Trinajstić information content (AvgIpc) is 3.04. The van der Waals surface area contributed by atoms with Gasteiger partial charge in [-0.25, -0.2) is 15.0 Å². The van der Waals surface area contributed by atoms with Crippen LogP contribution in [0.15, 0.2) is 18.6 Å². The predicted molar refractivity (Wildman–Crippen MR) is 87.0 cm³/mol. The van der Waals surface area contributed by atoms with E-state index in [0.29, 0.717) is 5.92 Å². The van der Waals surface area contributed by atoms with Crippen molar-refractivity contribution in [2.24, 2.45) is 12.8 Å². The molecule has 1 saturated heterocycles. The number of aromatic nitrogens is 4. The number of hydrogen-bond donors (Lipinski definition) is 1.